The first kappa shape index (κ1) is 22.0. The highest BCUT2D eigenvalue weighted by atomic mass is 16.7. The third-order valence-electron chi connectivity index (χ3n) is 5.81. The minimum atomic E-state index is -0.679. The number of benzene rings is 1. The molecule has 1 aromatic carbocycles. The van der Waals surface area contributed by atoms with E-state index in [0.717, 1.165) is 37.1 Å². The lowest BCUT2D eigenvalue weighted by Crippen LogP contribution is -2.49. The summed E-state index contributed by atoms with van der Waals surface area (Å²) in [5.41, 5.74) is 2.91. The Kier molecular flexibility index (Phi) is 6.23. The van der Waals surface area contributed by atoms with E-state index in [1.807, 2.05) is 62.1 Å². The largest absolute Gasteiger partial charge is 0.399 e. The minimum Gasteiger partial charge on any atom is -0.399 e. The van der Waals surface area contributed by atoms with E-state index in [2.05, 4.69) is 20.6 Å². The zero-order valence-corrected chi connectivity index (χ0v) is 19.0. The molecule has 1 aromatic heterocycles. The molecule has 2 aliphatic rings. The number of anilines is 1. The summed E-state index contributed by atoms with van der Waals surface area (Å²) in [6.07, 6.45) is 3.70. The summed E-state index contributed by atoms with van der Waals surface area (Å²) in [6.45, 7) is 7.47. The molecule has 8 nitrogen and oxygen atoms in total. The number of aryl methyl sites for hydroxylation is 1. The Bertz CT molecular complexity index is 1040. The standard InChI is InChI=1S/C24H29N5O3/c1-16-7-5-14-26-22(16)29(19-8-6-13-25-15-19)23(30)18-11-9-17(10-12-18)20-21(28-31-4)24(2,3)32-27-20/h5,7,9-12,14,19,25H,6,8,13,15H2,1-4H3/b28-21-. The molecule has 2 aromatic rings. The van der Waals surface area contributed by atoms with E-state index in [1.165, 1.54) is 7.11 Å². The Morgan fingerprint density at radius 1 is 1.28 bits per heavy atom. The number of hydrogen-bond donors (Lipinski definition) is 1. The summed E-state index contributed by atoms with van der Waals surface area (Å²) in [5, 5.41) is 11.7. The zero-order valence-electron chi connectivity index (χ0n) is 19.0. The number of amides is 1. The predicted octanol–water partition coefficient (Wildman–Crippen LogP) is 3.30. The number of oxime groups is 2. The molecule has 4 rings (SSSR count). The lowest BCUT2D eigenvalue weighted by molar-refractivity contribution is 0.0496. The first-order chi connectivity index (χ1) is 15.4. The highest BCUT2D eigenvalue weighted by Crippen LogP contribution is 2.27. The first-order valence-corrected chi connectivity index (χ1v) is 10.9. The van der Waals surface area contributed by atoms with Crippen molar-refractivity contribution in [3.63, 3.8) is 0 Å². The van der Waals surface area contributed by atoms with Crippen LogP contribution in [0.15, 0.2) is 52.9 Å². The number of pyridine rings is 1. The number of hydrogen-bond acceptors (Lipinski definition) is 7. The van der Waals surface area contributed by atoms with E-state index in [-0.39, 0.29) is 11.9 Å². The van der Waals surface area contributed by atoms with Crippen LogP contribution in [0.5, 0.6) is 0 Å². The fraction of sp³-hybridized carbons (Fsp3) is 0.417. The molecule has 0 aliphatic carbocycles. The quantitative estimate of drug-likeness (QED) is 0.728. The van der Waals surface area contributed by atoms with Crippen molar-refractivity contribution in [1.82, 2.24) is 10.3 Å². The van der Waals surface area contributed by atoms with Gasteiger partial charge in [-0.3, -0.25) is 9.69 Å². The molecule has 1 N–H and O–H groups in total. The maximum Gasteiger partial charge on any atom is 0.259 e. The minimum absolute atomic E-state index is 0.0540. The van der Waals surface area contributed by atoms with Gasteiger partial charge >= 0.3 is 0 Å². The summed E-state index contributed by atoms with van der Waals surface area (Å²) in [7, 11) is 1.50. The monoisotopic (exact) mass is 435 g/mol. The SMILES string of the molecule is CO/N=C1/C(c2ccc(C(=O)N(c3ncccc3C)C3CCCNC3)cc2)=NOC1(C)C. The molecule has 8 heteroatoms. The van der Waals surface area contributed by atoms with Gasteiger partial charge in [-0.05, 0) is 63.9 Å². The molecular formula is C24H29N5O3. The van der Waals surface area contributed by atoms with Crippen LogP contribution >= 0.6 is 0 Å². The van der Waals surface area contributed by atoms with E-state index in [1.54, 1.807) is 6.20 Å². The van der Waals surface area contributed by atoms with Crippen molar-refractivity contribution in [3.8, 4) is 0 Å². The number of carbonyl (C=O) groups excluding carboxylic acids is 1. The van der Waals surface area contributed by atoms with Crippen molar-refractivity contribution in [1.29, 1.82) is 0 Å². The van der Waals surface area contributed by atoms with E-state index in [4.69, 9.17) is 9.68 Å². The Morgan fingerprint density at radius 2 is 2.06 bits per heavy atom. The van der Waals surface area contributed by atoms with Crippen molar-refractivity contribution in [2.75, 3.05) is 25.1 Å². The van der Waals surface area contributed by atoms with Gasteiger partial charge < -0.3 is 15.0 Å². The first-order valence-electron chi connectivity index (χ1n) is 10.9. The molecular weight excluding hydrogens is 406 g/mol. The number of nitrogens with one attached hydrogen (secondary N) is 1. The molecule has 0 spiro atoms. The van der Waals surface area contributed by atoms with Crippen LogP contribution in [0.1, 0.15) is 48.2 Å². The van der Waals surface area contributed by atoms with Crippen molar-refractivity contribution < 1.29 is 14.5 Å². The highest BCUT2D eigenvalue weighted by Gasteiger charge is 2.39. The normalized spacial score (nSPS) is 21.1. The maximum absolute atomic E-state index is 13.7. The van der Waals surface area contributed by atoms with Crippen LogP contribution in [-0.2, 0) is 9.68 Å². The number of nitrogens with zero attached hydrogens (tertiary/aromatic N) is 4. The molecule has 0 radical (unpaired) electrons. The average molecular weight is 436 g/mol. The van der Waals surface area contributed by atoms with Gasteiger partial charge in [0.05, 0.1) is 6.04 Å². The molecule has 1 amide bonds. The number of aromatic nitrogens is 1. The fourth-order valence-electron chi connectivity index (χ4n) is 4.09. The fourth-order valence-corrected chi connectivity index (χ4v) is 4.09. The van der Waals surface area contributed by atoms with Crippen molar-refractivity contribution >= 4 is 23.1 Å². The second-order valence-electron chi connectivity index (χ2n) is 8.56. The van der Waals surface area contributed by atoms with Crippen LogP contribution in [0.3, 0.4) is 0 Å². The molecule has 2 aliphatic heterocycles. The summed E-state index contributed by atoms with van der Waals surface area (Å²) >= 11 is 0. The summed E-state index contributed by atoms with van der Waals surface area (Å²) in [5.74, 6) is 0.642. The van der Waals surface area contributed by atoms with Gasteiger partial charge in [-0.25, -0.2) is 4.98 Å². The molecule has 168 valence electrons. The molecule has 32 heavy (non-hydrogen) atoms. The molecule has 1 atom stereocenters. The van der Waals surface area contributed by atoms with Gasteiger partial charge in [-0.2, -0.15) is 0 Å². The van der Waals surface area contributed by atoms with Crippen molar-refractivity contribution in [2.24, 2.45) is 10.3 Å². The Labute approximate surface area is 188 Å². The van der Waals surface area contributed by atoms with Crippen molar-refractivity contribution in [3.05, 3.63) is 59.3 Å². The Morgan fingerprint density at radius 3 is 2.72 bits per heavy atom. The van der Waals surface area contributed by atoms with Crippen LogP contribution in [0.2, 0.25) is 0 Å². The average Bonchev–Trinajstić information content (AvgIpc) is 3.10. The van der Waals surface area contributed by atoms with Gasteiger partial charge in [-0.1, -0.05) is 28.5 Å². The van der Waals surface area contributed by atoms with Gasteiger partial charge in [0.15, 0.2) is 11.3 Å². The van der Waals surface area contributed by atoms with E-state index in [9.17, 15) is 4.79 Å². The van der Waals surface area contributed by atoms with Gasteiger partial charge in [0, 0.05) is 23.9 Å². The van der Waals surface area contributed by atoms with Gasteiger partial charge in [0.1, 0.15) is 18.6 Å². The maximum atomic E-state index is 13.7. The Balaban J connectivity index is 1.64. The molecule has 1 fully saturated rings. The molecule has 1 saturated heterocycles. The lowest BCUT2D eigenvalue weighted by Gasteiger charge is -2.34. The van der Waals surface area contributed by atoms with Crippen LogP contribution in [0.25, 0.3) is 0 Å². The zero-order chi connectivity index (χ0) is 22.7. The van der Waals surface area contributed by atoms with E-state index < -0.39 is 5.60 Å². The van der Waals surface area contributed by atoms with Crippen LogP contribution < -0.4 is 10.2 Å². The number of rotatable bonds is 5. The smallest absolute Gasteiger partial charge is 0.259 e. The summed E-state index contributed by atoms with van der Waals surface area (Å²) in [6, 6.07) is 11.3. The Hall–Kier alpha value is -3.26. The van der Waals surface area contributed by atoms with Crippen LogP contribution in [0, 0.1) is 6.92 Å². The number of carbonyl (C=O) groups is 1. The van der Waals surface area contributed by atoms with Crippen molar-refractivity contribution in [2.45, 2.75) is 45.3 Å². The molecule has 3 heterocycles. The lowest BCUT2D eigenvalue weighted by atomic mass is 9.94. The highest BCUT2D eigenvalue weighted by molar-refractivity contribution is 6.51. The van der Waals surface area contributed by atoms with Gasteiger partial charge in [0.25, 0.3) is 5.91 Å². The molecule has 0 bridgehead atoms. The van der Waals surface area contributed by atoms with E-state index in [0.29, 0.717) is 22.8 Å². The molecule has 0 saturated carbocycles. The third-order valence-corrected chi connectivity index (χ3v) is 5.81. The number of piperidine rings is 1. The second-order valence-corrected chi connectivity index (χ2v) is 8.56. The predicted molar refractivity (Wildman–Crippen MR) is 124 cm³/mol. The van der Waals surface area contributed by atoms with Gasteiger partial charge in [-0.15, -0.1) is 0 Å². The van der Waals surface area contributed by atoms with Crippen LogP contribution in [0.4, 0.5) is 5.82 Å². The second kappa shape index (κ2) is 9.08. The summed E-state index contributed by atoms with van der Waals surface area (Å²) in [4.78, 5) is 30.6. The topological polar surface area (TPSA) is 88.4 Å². The molecule has 1 unspecified atom stereocenters. The van der Waals surface area contributed by atoms with Crippen LogP contribution in [-0.4, -0.2) is 54.2 Å². The van der Waals surface area contributed by atoms with E-state index >= 15 is 0 Å². The summed E-state index contributed by atoms with van der Waals surface area (Å²) < 4.78 is 0. The third kappa shape index (κ3) is 4.23. The van der Waals surface area contributed by atoms with Gasteiger partial charge in [0.2, 0.25) is 0 Å².